The molecule has 2 aromatic rings. The second-order valence-corrected chi connectivity index (χ2v) is 8.01. The van der Waals surface area contributed by atoms with Gasteiger partial charge in [-0.1, -0.05) is 12.1 Å². The van der Waals surface area contributed by atoms with Gasteiger partial charge in [0.2, 0.25) is 6.79 Å². The van der Waals surface area contributed by atoms with Gasteiger partial charge in [0.15, 0.2) is 17.8 Å². The Morgan fingerprint density at radius 2 is 1.78 bits per heavy atom. The van der Waals surface area contributed by atoms with Crippen molar-refractivity contribution in [2.24, 2.45) is 0 Å². The van der Waals surface area contributed by atoms with E-state index in [1.807, 2.05) is 0 Å². The van der Waals surface area contributed by atoms with Crippen LogP contribution in [0.2, 0.25) is 0 Å². The molecule has 3 unspecified atom stereocenters. The van der Waals surface area contributed by atoms with Crippen molar-refractivity contribution in [1.29, 1.82) is 0 Å². The maximum Gasteiger partial charge on any atom is 0.269 e. The van der Waals surface area contributed by atoms with Crippen molar-refractivity contribution in [2.75, 3.05) is 13.4 Å². The number of hydrogen-bond donors (Lipinski definition) is 4. The van der Waals surface area contributed by atoms with Crippen LogP contribution in [-0.4, -0.2) is 68.8 Å². The fourth-order valence-corrected chi connectivity index (χ4v) is 4.70. The van der Waals surface area contributed by atoms with Gasteiger partial charge in [-0.2, -0.15) is 0 Å². The predicted molar refractivity (Wildman–Crippen MR) is 105 cm³/mol. The number of ether oxygens (including phenoxy) is 4. The van der Waals surface area contributed by atoms with Crippen molar-refractivity contribution >= 4 is 5.69 Å². The van der Waals surface area contributed by atoms with E-state index in [4.69, 9.17) is 18.9 Å². The number of benzene rings is 2. The minimum Gasteiger partial charge on any atom is -0.454 e. The SMILES string of the molecule is O=[N+]([O-])c1ccc(C2C(O)[C@@H]3OC(c4ccc5c(c4)OCO5)O[C@H]([C@H](O)CO)[C@@]23O)cc1. The number of aliphatic hydroxyl groups excluding tert-OH is 3. The Morgan fingerprint density at radius 1 is 1.09 bits per heavy atom. The van der Waals surface area contributed by atoms with Crippen LogP contribution in [0.1, 0.15) is 23.3 Å². The lowest BCUT2D eigenvalue weighted by Gasteiger charge is -2.62. The molecule has 0 amide bonds. The van der Waals surface area contributed by atoms with E-state index in [0.29, 0.717) is 22.6 Å². The van der Waals surface area contributed by atoms with Crippen LogP contribution < -0.4 is 9.47 Å². The Morgan fingerprint density at radius 3 is 2.47 bits per heavy atom. The number of fused-ring (bicyclic) bond motifs is 2. The summed E-state index contributed by atoms with van der Waals surface area (Å²) in [5.41, 5.74) is -1.11. The third-order valence-electron chi connectivity index (χ3n) is 6.27. The normalized spacial score (nSPS) is 33.8. The number of aliphatic hydroxyl groups is 4. The summed E-state index contributed by atoms with van der Waals surface area (Å²) in [7, 11) is 0. The summed E-state index contributed by atoms with van der Waals surface area (Å²) in [5.74, 6) is 0.0693. The highest BCUT2D eigenvalue weighted by Gasteiger charge is 2.70. The molecule has 0 bridgehead atoms. The third-order valence-corrected chi connectivity index (χ3v) is 6.27. The van der Waals surface area contributed by atoms with Crippen LogP contribution in [0, 0.1) is 10.1 Å². The van der Waals surface area contributed by atoms with E-state index >= 15 is 0 Å². The first-order valence-electron chi connectivity index (χ1n) is 9.98. The molecule has 11 nitrogen and oxygen atoms in total. The summed E-state index contributed by atoms with van der Waals surface area (Å²) >= 11 is 0. The lowest BCUT2D eigenvalue weighted by atomic mass is 9.57. The number of nitrogens with zero attached hydrogens (tertiary/aromatic N) is 1. The van der Waals surface area contributed by atoms with Crippen LogP contribution in [0.4, 0.5) is 5.69 Å². The molecule has 11 heteroatoms. The van der Waals surface area contributed by atoms with Crippen molar-refractivity contribution in [3.63, 3.8) is 0 Å². The van der Waals surface area contributed by atoms with Gasteiger partial charge in [-0.15, -0.1) is 0 Å². The maximum absolute atomic E-state index is 11.5. The molecule has 5 rings (SSSR count). The number of rotatable bonds is 5. The molecule has 1 aliphatic carbocycles. The highest BCUT2D eigenvalue weighted by Crippen LogP contribution is 2.56. The molecule has 4 N–H and O–H groups in total. The van der Waals surface area contributed by atoms with E-state index in [0.717, 1.165) is 0 Å². The second kappa shape index (κ2) is 7.66. The molecule has 7 atom stereocenters. The van der Waals surface area contributed by atoms with Gasteiger partial charge < -0.3 is 39.4 Å². The molecule has 2 heterocycles. The van der Waals surface area contributed by atoms with Gasteiger partial charge in [0.05, 0.1) is 17.6 Å². The standard InChI is InChI=1S/C21H21NO10/c23-8-13(24)18-21(26)16(10-1-4-12(5-2-10)22(27)28)17(25)19(21)32-20(31-18)11-3-6-14-15(7-11)30-9-29-14/h1-7,13,16-20,23-26H,8-9H2/t13-,16?,17?,18-,19+,20?,21+/m1/s1. The fourth-order valence-electron chi connectivity index (χ4n) is 4.70. The molecule has 32 heavy (non-hydrogen) atoms. The molecule has 0 spiro atoms. The van der Waals surface area contributed by atoms with E-state index in [1.165, 1.54) is 24.3 Å². The highest BCUT2D eigenvalue weighted by molar-refractivity contribution is 5.45. The van der Waals surface area contributed by atoms with E-state index in [-0.39, 0.29) is 12.5 Å². The number of non-ortho nitro benzene ring substituents is 1. The number of hydrogen-bond acceptors (Lipinski definition) is 10. The number of nitro groups is 1. The molecule has 0 radical (unpaired) electrons. The Kier molecular flexibility index (Phi) is 5.04. The first kappa shape index (κ1) is 21.1. The summed E-state index contributed by atoms with van der Waals surface area (Å²) in [6, 6.07) is 10.3. The average molecular weight is 447 g/mol. The molecule has 2 aromatic carbocycles. The lowest BCUT2D eigenvalue weighted by molar-refractivity contribution is -0.403. The summed E-state index contributed by atoms with van der Waals surface area (Å²) in [6.07, 6.45) is -6.18. The van der Waals surface area contributed by atoms with Gasteiger partial charge in [-0.05, 0) is 23.8 Å². The van der Waals surface area contributed by atoms with E-state index in [1.54, 1.807) is 18.2 Å². The van der Waals surface area contributed by atoms with Crippen LogP contribution >= 0.6 is 0 Å². The van der Waals surface area contributed by atoms with Crippen molar-refractivity contribution in [2.45, 2.75) is 42.2 Å². The molecule has 170 valence electrons. The van der Waals surface area contributed by atoms with Crippen LogP contribution in [0.25, 0.3) is 0 Å². The molecule has 2 fully saturated rings. The van der Waals surface area contributed by atoms with Gasteiger partial charge in [-0.25, -0.2) is 0 Å². The van der Waals surface area contributed by atoms with Crippen LogP contribution in [0.15, 0.2) is 42.5 Å². The van der Waals surface area contributed by atoms with E-state index in [2.05, 4.69) is 0 Å². The monoisotopic (exact) mass is 447 g/mol. The quantitative estimate of drug-likeness (QED) is 0.372. The molecule has 1 saturated carbocycles. The fraction of sp³-hybridized carbons (Fsp3) is 0.429. The topological polar surface area (TPSA) is 161 Å². The Labute approximate surface area is 181 Å². The van der Waals surface area contributed by atoms with Gasteiger partial charge in [0, 0.05) is 23.6 Å². The summed E-state index contributed by atoms with van der Waals surface area (Å²) in [5, 5.41) is 53.3. The average Bonchev–Trinajstić information content (AvgIpc) is 3.26. The lowest BCUT2D eigenvalue weighted by Crippen LogP contribution is -2.78. The van der Waals surface area contributed by atoms with Crippen LogP contribution in [-0.2, 0) is 9.47 Å². The van der Waals surface area contributed by atoms with E-state index < -0.39 is 53.8 Å². The van der Waals surface area contributed by atoms with Gasteiger partial charge in [0.1, 0.15) is 23.9 Å². The molecule has 1 saturated heterocycles. The predicted octanol–water partition coefficient (Wildman–Crippen LogP) is 0.349. The van der Waals surface area contributed by atoms with Crippen LogP contribution in [0.3, 0.4) is 0 Å². The van der Waals surface area contributed by atoms with Crippen molar-refractivity contribution in [3.8, 4) is 11.5 Å². The van der Waals surface area contributed by atoms with Crippen LogP contribution in [0.5, 0.6) is 11.5 Å². The van der Waals surface area contributed by atoms with Gasteiger partial charge in [-0.3, -0.25) is 10.1 Å². The zero-order valence-electron chi connectivity index (χ0n) is 16.6. The Hall–Kier alpha value is -2.80. The van der Waals surface area contributed by atoms with Gasteiger partial charge in [0.25, 0.3) is 5.69 Å². The summed E-state index contributed by atoms with van der Waals surface area (Å²) < 4.78 is 22.4. The second-order valence-electron chi connectivity index (χ2n) is 8.01. The summed E-state index contributed by atoms with van der Waals surface area (Å²) in [6.45, 7) is -0.619. The Bertz CT molecular complexity index is 1030. The van der Waals surface area contributed by atoms with Crippen molar-refractivity contribution in [1.82, 2.24) is 0 Å². The Balaban J connectivity index is 1.47. The smallest absolute Gasteiger partial charge is 0.269 e. The van der Waals surface area contributed by atoms with Crippen molar-refractivity contribution < 1.29 is 44.3 Å². The zero-order chi connectivity index (χ0) is 22.6. The number of nitro benzene ring substituents is 1. The largest absolute Gasteiger partial charge is 0.454 e. The first-order chi connectivity index (χ1) is 15.3. The van der Waals surface area contributed by atoms with Gasteiger partial charge >= 0.3 is 0 Å². The van der Waals surface area contributed by atoms with Crippen molar-refractivity contribution in [3.05, 3.63) is 63.7 Å². The molecule has 0 aromatic heterocycles. The molecular weight excluding hydrogens is 426 g/mol. The minimum atomic E-state index is -1.88. The van der Waals surface area contributed by atoms with E-state index in [9.17, 15) is 30.5 Å². The zero-order valence-corrected chi connectivity index (χ0v) is 16.6. The summed E-state index contributed by atoms with van der Waals surface area (Å²) in [4.78, 5) is 10.4. The maximum atomic E-state index is 11.5. The highest BCUT2D eigenvalue weighted by atomic mass is 16.7. The first-order valence-corrected chi connectivity index (χ1v) is 9.98. The third kappa shape index (κ3) is 3.05. The molecule has 2 aliphatic heterocycles. The molecule has 3 aliphatic rings. The minimum absolute atomic E-state index is 0.0784. The molecular formula is C21H21NO10.